The maximum absolute atomic E-state index is 13.0. The van der Waals surface area contributed by atoms with Crippen LogP contribution in [0.15, 0.2) is 39.4 Å². The number of rotatable bonds is 5. The van der Waals surface area contributed by atoms with E-state index >= 15 is 0 Å². The highest BCUT2D eigenvalue weighted by Crippen LogP contribution is 2.62. The van der Waals surface area contributed by atoms with Crippen molar-refractivity contribution in [2.45, 2.75) is 54.1 Å². The molecule has 27 heavy (non-hydrogen) atoms. The zero-order valence-electron chi connectivity index (χ0n) is 14.1. The molecule has 3 aliphatic rings. The minimum Gasteiger partial charge on any atom is -0.394 e. The summed E-state index contributed by atoms with van der Waals surface area (Å²) in [6.07, 6.45) is -3.24. The summed E-state index contributed by atoms with van der Waals surface area (Å²) >= 11 is 0. The van der Waals surface area contributed by atoms with E-state index in [2.05, 4.69) is 15.0 Å². The van der Waals surface area contributed by atoms with E-state index in [0.29, 0.717) is 12.8 Å². The van der Waals surface area contributed by atoms with Crippen LogP contribution >= 0.6 is 0 Å². The molecule has 11 heteroatoms. The van der Waals surface area contributed by atoms with Crippen LogP contribution < -0.4 is 4.72 Å². The van der Waals surface area contributed by atoms with Gasteiger partial charge in [-0.2, -0.15) is 13.2 Å². The molecule has 2 saturated carbocycles. The van der Waals surface area contributed by atoms with Crippen molar-refractivity contribution in [1.82, 2.24) is 4.72 Å². The van der Waals surface area contributed by atoms with Gasteiger partial charge in [0.05, 0.1) is 23.1 Å². The molecule has 4 rings (SSSR count). The fourth-order valence-corrected chi connectivity index (χ4v) is 5.79. The number of halogens is 3. The number of benzene rings is 1. The number of hydrogen-bond donors (Lipinski definition) is 3. The van der Waals surface area contributed by atoms with Gasteiger partial charge in [-0.25, -0.2) is 13.1 Å². The second-order valence-electron chi connectivity index (χ2n) is 7.47. The van der Waals surface area contributed by atoms with E-state index in [0.717, 1.165) is 30.7 Å². The molecule has 0 unspecified atom stereocenters. The van der Waals surface area contributed by atoms with Crippen LogP contribution in [0.25, 0.3) is 0 Å². The number of nitrogens with one attached hydrogen (secondary N) is 1. The lowest BCUT2D eigenvalue weighted by molar-refractivity contribution is -0.203. The second kappa shape index (κ2) is 5.49. The lowest BCUT2D eigenvalue weighted by Gasteiger charge is -2.66. The lowest BCUT2D eigenvalue weighted by atomic mass is 9.44. The molecule has 1 aliphatic heterocycles. The Balaban J connectivity index is 1.58. The van der Waals surface area contributed by atoms with E-state index in [-0.39, 0.29) is 16.9 Å². The Kier molecular flexibility index (Phi) is 3.82. The Morgan fingerprint density at radius 1 is 1.19 bits per heavy atom. The maximum atomic E-state index is 13.0. The second-order valence-corrected chi connectivity index (χ2v) is 9.15. The van der Waals surface area contributed by atoms with Crippen LogP contribution in [-0.2, 0) is 15.7 Å². The highest BCUT2D eigenvalue weighted by atomic mass is 32.2. The van der Waals surface area contributed by atoms with Gasteiger partial charge in [-0.3, -0.25) is 0 Å². The van der Waals surface area contributed by atoms with Crippen molar-refractivity contribution in [3.8, 4) is 0 Å². The van der Waals surface area contributed by atoms with Crippen LogP contribution in [-0.4, -0.2) is 43.1 Å². The fourth-order valence-electron chi connectivity index (χ4n) is 4.31. The lowest BCUT2D eigenvalue weighted by Crippen LogP contribution is -2.77. The molecular weight excluding hydrogens is 387 g/mol. The minimum atomic E-state index is -4.69. The van der Waals surface area contributed by atoms with Gasteiger partial charge >= 0.3 is 11.8 Å². The first-order valence-corrected chi connectivity index (χ1v) is 9.95. The van der Waals surface area contributed by atoms with Crippen molar-refractivity contribution >= 4 is 10.0 Å². The van der Waals surface area contributed by atoms with Gasteiger partial charge in [-0.05, 0) is 31.4 Å². The quantitative estimate of drug-likeness (QED) is 0.694. The predicted octanol–water partition coefficient (Wildman–Crippen LogP) is 1.81. The third kappa shape index (κ3) is 2.41. The van der Waals surface area contributed by atoms with Gasteiger partial charge in [0, 0.05) is 11.0 Å². The first-order valence-electron chi connectivity index (χ1n) is 8.46. The molecule has 2 fully saturated rings. The van der Waals surface area contributed by atoms with Crippen molar-refractivity contribution in [2.24, 2.45) is 15.6 Å². The van der Waals surface area contributed by atoms with Crippen molar-refractivity contribution in [1.29, 1.82) is 0 Å². The topological polar surface area (TPSA) is 111 Å². The van der Waals surface area contributed by atoms with Crippen molar-refractivity contribution in [3.63, 3.8) is 0 Å². The number of sulfonamides is 1. The summed E-state index contributed by atoms with van der Waals surface area (Å²) in [5, 5.41) is 26.1. The van der Waals surface area contributed by atoms with Gasteiger partial charge in [0.25, 0.3) is 0 Å². The predicted molar refractivity (Wildman–Crippen MR) is 86.1 cm³/mol. The van der Waals surface area contributed by atoms with Gasteiger partial charge in [0.15, 0.2) is 0 Å². The molecule has 3 N–H and O–H groups in total. The fraction of sp³-hybridized carbons (Fsp3) is 0.625. The van der Waals surface area contributed by atoms with Crippen molar-refractivity contribution in [3.05, 3.63) is 29.8 Å². The first kappa shape index (κ1) is 18.8. The van der Waals surface area contributed by atoms with Crippen LogP contribution in [0.4, 0.5) is 13.2 Å². The molecule has 2 atom stereocenters. The molecule has 0 aromatic heterocycles. The van der Waals surface area contributed by atoms with Gasteiger partial charge in [0.1, 0.15) is 0 Å². The summed E-state index contributed by atoms with van der Waals surface area (Å²) in [5.41, 5.74) is -4.71. The molecule has 0 bridgehead atoms. The monoisotopic (exact) mass is 405 g/mol. The van der Waals surface area contributed by atoms with Crippen molar-refractivity contribution in [2.75, 3.05) is 6.61 Å². The maximum Gasteiger partial charge on any atom is 0.442 e. The van der Waals surface area contributed by atoms with E-state index in [1.807, 2.05) is 0 Å². The van der Waals surface area contributed by atoms with Crippen LogP contribution in [0.1, 0.15) is 31.2 Å². The number of aliphatic hydroxyl groups excluding tert-OH is 2. The Labute approximate surface area is 153 Å². The van der Waals surface area contributed by atoms with E-state index < -0.39 is 45.5 Å². The average Bonchev–Trinajstić information content (AvgIpc) is 3.33. The van der Waals surface area contributed by atoms with E-state index in [1.54, 1.807) is 0 Å². The molecule has 0 saturated heterocycles. The standard InChI is InChI=1S/C16H18F3N3O4S/c17-16(18,19)15(20-21-15)10-2-4-11(5-3-10)27(25,26)22-14(9-23)8-12(24)13(14)6-1-7-13/h2-5,12,22-24H,1,6-9H2/t12-,14-/m1/s1. The molecule has 1 heterocycles. The van der Waals surface area contributed by atoms with E-state index in [4.69, 9.17) is 0 Å². The Morgan fingerprint density at radius 2 is 1.78 bits per heavy atom. The van der Waals surface area contributed by atoms with Crippen LogP contribution in [0.5, 0.6) is 0 Å². The molecule has 148 valence electrons. The molecule has 7 nitrogen and oxygen atoms in total. The summed E-state index contributed by atoms with van der Waals surface area (Å²) in [6, 6.07) is 4.18. The Morgan fingerprint density at radius 3 is 2.15 bits per heavy atom. The summed E-state index contributed by atoms with van der Waals surface area (Å²) in [5.74, 6) is 0. The van der Waals surface area contributed by atoms with E-state index in [9.17, 15) is 31.8 Å². The third-order valence-corrected chi connectivity index (χ3v) is 7.79. The molecule has 1 aromatic carbocycles. The van der Waals surface area contributed by atoms with Gasteiger partial charge in [-0.1, -0.05) is 18.6 Å². The van der Waals surface area contributed by atoms with Gasteiger partial charge in [-0.15, -0.1) is 10.2 Å². The summed E-state index contributed by atoms with van der Waals surface area (Å²) in [4.78, 5) is -0.229. The van der Waals surface area contributed by atoms with Gasteiger partial charge < -0.3 is 10.2 Å². The van der Waals surface area contributed by atoms with E-state index in [1.165, 1.54) is 0 Å². The number of aliphatic hydroxyl groups is 2. The molecule has 1 spiro atoms. The highest BCUT2D eigenvalue weighted by Gasteiger charge is 2.68. The molecule has 2 aliphatic carbocycles. The smallest absolute Gasteiger partial charge is 0.394 e. The SMILES string of the molecule is O=S(=O)(N[C@@]1(CO)C[C@@H](O)C12CCC2)c1ccc(C2(C(F)(F)F)N=N2)cc1. The third-order valence-electron chi connectivity index (χ3n) is 6.24. The van der Waals surface area contributed by atoms with Crippen LogP contribution in [0.3, 0.4) is 0 Å². The summed E-state index contributed by atoms with van der Waals surface area (Å²) in [7, 11) is -4.10. The average molecular weight is 405 g/mol. The number of alkyl halides is 3. The molecule has 1 aromatic rings. The number of nitrogens with zero attached hydrogens (tertiary/aromatic N) is 2. The van der Waals surface area contributed by atoms with Crippen molar-refractivity contribution < 1.29 is 31.8 Å². The highest BCUT2D eigenvalue weighted by molar-refractivity contribution is 7.89. The summed E-state index contributed by atoms with van der Waals surface area (Å²) in [6.45, 7) is -0.462. The molecule has 0 radical (unpaired) electrons. The molecule has 0 amide bonds. The summed E-state index contributed by atoms with van der Waals surface area (Å²) < 4.78 is 67.1. The minimum absolute atomic E-state index is 0.0930. The normalized spacial score (nSPS) is 30.6. The Bertz CT molecular complexity index is 890. The number of hydrogen-bond acceptors (Lipinski definition) is 6. The van der Waals surface area contributed by atoms with Gasteiger partial charge in [0.2, 0.25) is 10.0 Å². The zero-order chi connectivity index (χ0) is 19.7. The zero-order valence-corrected chi connectivity index (χ0v) is 14.9. The molecular formula is C16H18F3N3O4S. The van der Waals surface area contributed by atoms with Crippen LogP contribution in [0.2, 0.25) is 0 Å². The van der Waals surface area contributed by atoms with Crippen LogP contribution in [0, 0.1) is 5.41 Å². The Hall–Kier alpha value is -1.56. The largest absolute Gasteiger partial charge is 0.442 e. The first-order chi connectivity index (χ1) is 12.5.